The van der Waals surface area contributed by atoms with Gasteiger partial charge in [-0.15, -0.1) is 0 Å². The van der Waals surface area contributed by atoms with Gasteiger partial charge in [0, 0.05) is 6.07 Å². The minimum absolute atomic E-state index is 0.0189. The summed E-state index contributed by atoms with van der Waals surface area (Å²) in [6.07, 6.45) is 0.630. The van der Waals surface area contributed by atoms with Crippen molar-refractivity contribution in [3.05, 3.63) is 77.9 Å². The Morgan fingerprint density at radius 1 is 0.889 bits per heavy atom. The second-order valence-corrected chi connectivity index (χ2v) is 9.98. The number of aryl methyl sites for hydroxylation is 1. The molecule has 9 heteroatoms. The molecule has 0 aliphatic heterocycles. The smallest absolute Gasteiger partial charge is 0.264 e. The average molecular weight is 513 g/mol. The van der Waals surface area contributed by atoms with E-state index in [9.17, 15) is 13.2 Å². The first kappa shape index (κ1) is 26.9. The lowest BCUT2D eigenvalue weighted by Crippen LogP contribution is -2.42. The molecule has 0 aliphatic carbocycles. The number of nitrogens with zero attached hydrogens (tertiary/aromatic N) is 1. The van der Waals surface area contributed by atoms with E-state index >= 15 is 0 Å². The van der Waals surface area contributed by atoms with Gasteiger partial charge in [-0.1, -0.05) is 37.3 Å². The Balaban J connectivity index is 1.92. The number of carbonyl (C=O) groups is 1. The van der Waals surface area contributed by atoms with E-state index in [0.29, 0.717) is 17.9 Å². The molecule has 1 amide bonds. The molecule has 0 radical (unpaired) electrons. The normalized spacial score (nSPS) is 11.9. The van der Waals surface area contributed by atoms with Crippen LogP contribution >= 0.6 is 0 Å². The first-order chi connectivity index (χ1) is 17.2. The Hall–Kier alpha value is -3.72. The molecule has 0 aliphatic rings. The summed E-state index contributed by atoms with van der Waals surface area (Å²) in [6, 6.07) is 18.3. The molecule has 0 spiro atoms. The van der Waals surface area contributed by atoms with E-state index < -0.39 is 22.5 Å². The van der Waals surface area contributed by atoms with Crippen LogP contribution in [0.2, 0.25) is 0 Å². The number of para-hydroxylation sites is 1. The highest BCUT2D eigenvalue weighted by atomic mass is 32.2. The summed E-state index contributed by atoms with van der Waals surface area (Å²) in [5.74, 6) is 1.01. The van der Waals surface area contributed by atoms with Crippen molar-refractivity contribution in [2.45, 2.75) is 31.2 Å². The van der Waals surface area contributed by atoms with Gasteiger partial charge in [-0.2, -0.15) is 0 Å². The number of ether oxygens (including phenoxy) is 3. The van der Waals surface area contributed by atoms with E-state index in [4.69, 9.17) is 14.2 Å². The highest BCUT2D eigenvalue weighted by Crippen LogP contribution is 2.32. The standard InChI is InChI=1S/C27H32N2O6S/c1-6-23(20-12-14-24(33-3)19(2)16-20)28-27(30)18-29(21-10-8-7-9-11-21)36(31,32)22-13-15-25(34-4)26(17-22)35-5/h7-17,23H,6,18H2,1-5H3,(H,28,30)/t23-/m1/s1. The quantitative estimate of drug-likeness (QED) is 0.407. The van der Waals surface area contributed by atoms with Crippen molar-refractivity contribution in [1.29, 1.82) is 0 Å². The fourth-order valence-electron chi connectivity index (χ4n) is 3.92. The van der Waals surface area contributed by atoms with Gasteiger partial charge in [0.1, 0.15) is 12.3 Å². The van der Waals surface area contributed by atoms with E-state index in [2.05, 4.69) is 5.32 Å². The molecule has 0 saturated heterocycles. The molecule has 3 aromatic rings. The lowest BCUT2D eigenvalue weighted by molar-refractivity contribution is -0.120. The fourth-order valence-corrected chi connectivity index (χ4v) is 5.36. The maximum Gasteiger partial charge on any atom is 0.264 e. The minimum Gasteiger partial charge on any atom is -0.496 e. The number of sulfonamides is 1. The van der Waals surface area contributed by atoms with Crippen LogP contribution in [0.15, 0.2) is 71.6 Å². The molecular formula is C27H32N2O6S. The molecule has 0 fully saturated rings. The monoisotopic (exact) mass is 512 g/mol. The number of methoxy groups -OCH3 is 3. The number of nitrogens with one attached hydrogen (secondary N) is 1. The maximum absolute atomic E-state index is 13.7. The summed E-state index contributed by atoms with van der Waals surface area (Å²) in [5.41, 5.74) is 2.23. The van der Waals surface area contributed by atoms with Gasteiger partial charge in [0.05, 0.1) is 38.0 Å². The Bertz CT molecular complexity index is 1290. The summed E-state index contributed by atoms with van der Waals surface area (Å²) >= 11 is 0. The van der Waals surface area contributed by atoms with E-state index in [1.807, 2.05) is 32.0 Å². The van der Waals surface area contributed by atoms with Crippen molar-refractivity contribution in [3.8, 4) is 17.2 Å². The lowest BCUT2D eigenvalue weighted by Gasteiger charge is -2.26. The van der Waals surface area contributed by atoms with Gasteiger partial charge in [-0.05, 0) is 54.8 Å². The summed E-state index contributed by atoms with van der Waals surface area (Å²) in [7, 11) is 0.406. The summed E-state index contributed by atoms with van der Waals surface area (Å²) in [5, 5.41) is 2.98. The zero-order chi connectivity index (χ0) is 26.3. The predicted octanol–water partition coefficient (Wildman–Crippen LogP) is 4.48. The third-order valence-electron chi connectivity index (χ3n) is 5.84. The van der Waals surface area contributed by atoms with Crippen molar-refractivity contribution in [2.24, 2.45) is 0 Å². The topological polar surface area (TPSA) is 94.2 Å². The molecule has 3 rings (SSSR count). The van der Waals surface area contributed by atoms with Crippen LogP contribution in [0.3, 0.4) is 0 Å². The van der Waals surface area contributed by atoms with Crippen LogP contribution in [0.1, 0.15) is 30.5 Å². The van der Waals surface area contributed by atoms with Crippen LogP contribution in [-0.4, -0.2) is 42.2 Å². The van der Waals surface area contributed by atoms with Crippen molar-refractivity contribution >= 4 is 21.6 Å². The van der Waals surface area contributed by atoms with Crippen molar-refractivity contribution in [2.75, 3.05) is 32.2 Å². The van der Waals surface area contributed by atoms with Crippen molar-refractivity contribution in [3.63, 3.8) is 0 Å². The summed E-state index contributed by atoms with van der Waals surface area (Å²) in [4.78, 5) is 13.2. The zero-order valence-corrected chi connectivity index (χ0v) is 22.0. The van der Waals surface area contributed by atoms with Crippen molar-refractivity contribution < 1.29 is 27.4 Å². The second kappa shape index (κ2) is 11.8. The Labute approximate surface area is 212 Å². The maximum atomic E-state index is 13.7. The van der Waals surface area contributed by atoms with Crippen LogP contribution < -0.4 is 23.8 Å². The van der Waals surface area contributed by atoms with Gasteiger partial charge in [-0.3, -0.25) is 9.10 Å². The molecule has 1 N–H and O–H groups in total. The molecule has 3 aromatic carbocycles. The van der Waals surface area contributed by atoms with Crippen LogP contribution in [0, 0.1) is 6.92 Å². The first-order valence-corrected chi connectivity index (χ1v) is 12.9. The molecule has 0 bridgehead atoms. The third-order valence-corrected chi connectivity index (χ3v) is 7.61. The molecule has 192 valence electrons. The largest absolute Gasteiger partial charge is 0.496 e. The predicted molar refractivity (Wildman–Crippen MR) is 139 cm³/mol. The summed E-state index contributed by atoms with van der Waals surface area (Å²) in [6.45, 7) is 3.50. The van der Waals surface area contributed by atoms with E-state index in [1.165, 1.54) is 32.4 Å². The Kier molecular flexibility index (Phi) is 8.82. The van der Waals surface area contributed by atoms with Crippen molar-refractivity contribution in [1.82, 2.24) is 5.32 Å². The zero-order valence-electron chi connectivity index (χ0n) is 21.1. The number of anilines is 1. The highest BCUT2D eigenvalue weighted by molar-refractivity contribution is 7.92. The molecule has 1 atom stereocenters. The molecule has 0 aromatic heterocycles. The summed E-state index contributed by atoms with van der Waals surface area (Å²) < 4.78 is 44.4. The van der Waals surface area contributed by atoms with E-state index in [1.54, 1.807) is 37.4 Å². The average Bonchev–Trinajstić information content (AvgIpc) is 2.90. The van der Waals surface area contributed by atoms with Gasteiger partial charge in [0.2, 0.25) is 5.91 Å². The van der Waals surface area contributed by atoms with Crippen LogP contribution in [0.4, 0.5) is 5.69 Å². The number of carbonyl (C=O) groups excluding carboxylic acids is 1. The molecule has 36 heavy (non-hydrogen) atoms. The van der Waals surface area contributed by atoms with E-state index in [-0.39, 0.29) is 16.7 Å². The Morgan fingerprint density at radius 2 is 1.53 bits per heavy atom. The van der Waals surface area contributed by atoms with E-state index in [0.717, 1.165) is 21.2 Å². The highest BCUT2D eigenvalue weighted by Gasteiger charge is 2.29. The van der Waals surface area contributed by atoms with Crippen LogP contribution in [0.5, 0.6) is 17.2 Å². The number of hydrogen-bond acceptors (Lipinski definition) is 6. The van der Waals surface area contributed by atoms with Gasteiger partial charge in [0.15, 0.2) is 11.5 Å². The number of rotatable bonds is 11. The lowest BCUT2D eigenvalue weighted by atomic mass is 10.0. The Morgan fingerprint density at radius 3 is 2.11 bits per heavy atom. The number of hydrogen-bond donors (Lipinski definition) is 1. The molecule has 8 nitrogen and oxygen atoms in total. The number of benzene rings is 3. The van der Waals surface area contributed by atoms with Crippen LogP contribution in [-0.2, 0) is 14.8 Å². The second-order valence-electron chi connectivity index (χ2n) is 8.12. The van der Waals surface area contributed by atoms with Gasteiger partial charge < -0.3 is 19.5 Å². The number of amides is 1. The van der Waals surface area contributed by atoms with Gasteiger partial charge >= 0.3 is 0 Å². The first-order valence-electron chi connectivity index (χ1n) is 11.5. The fraction of sp³-hybridized carbons (Fsp3) is 0.296. The SMILES string of the molecule is CC[C@@H](NC(=O)CN(c1ccccc1)S(=O)(=O)c1ccc(OC)c(OC)c1)c1ccc(OC)c(C)c1. The molecule has 0 unspecified atom stereocenters. The molecule has 0 saturated carbocycles. The van der Waals surface area contributed by atoms with Gasteiger partial charge in [-0.25, -0.2) is 8.42 Å². The molecule has 0 heterocycles. The molecular weight excluding hydrogens is 480 g/mol. The minimum atomic E-state index is -4.11. The third kappa shape index (κ3) is 5.91. The van der Waals surface area contributed by atoms with Crippen LogP contribution in [0.25, 0.3) is 0 Å². The van der Waals surface area contributed by atoms with Gasteiger partial charge in [0.25, 0.3) is 10.0 Å².